The third kappa shape index (κ3) is 3.82. The zero-order valence-corrected chi connectivity index (χ0v) is 16.8. The van der Waals surface area contributed by atoms with Gasteiger partial charge in [0.15, 0.2) is 11.4 Å². The number of aromatic nitrogens is 4. The smallest absolute Gasteiger partial charge is 0.162 e. The van der Waals surface area contributed by atoms with Crippen LogP contribution >= 0.6 is 0 Å². The van der Waals surface area contributed by atoms with E-state index in [4.69, 9.17) is 0 Å². The van der Waals surface area contributed by atoms with Crippen molar-refractivity contribution < 1.29 is 13.6 Å². The Bertz CT molecular complexity index is 1200. The molecule has 156 valence electrons. The lowest BCUT2D eigenvalue weighted by atomic mass is 9.87. The van der Waals surface area contributed by atoms with Crippen LogP contribution in [0.4, 0.5) is 8.78 Å². The summed E-state index contributed by atoms with van der Waals surface area (Å²) in [5.41, 5.74) is 3.03. The predicted molar refractivity (Wildman–Crippen MR) is 111 cm³/mol. The van der Waals surface area contributed by atoms with Gasteiger partial charge in [-0.1, -0.05) is 6.92 Å². The summed E-state index contributed by atoms with van der Waals surface area (Å²) in [7, 11) is 0. The molecule has 2 atom stereocenters. The number of H-pyrrole nitrogens is 1. The second-order valence-corrected chi connectivity index (χ2v) is 7.60. The summed E-state index contributed by atoms with van der Waals surface area (Å²) in [5.74, 6) is 0.403. The van der Waals surface area contributed by atoms with Crippen molar-refractivity contribution in [3.05, 3.63) is 65.9 Å². The van der Waals surface area contributed by atoms with Crippen molar-refractivity contribution in [3.8, 4) is 0 Å². The molecule has 1 aromatic carbocycles. The van der Waals surface area contributed by atoms with Gasteiger partial charge in [0.1, 0.15) is 17.5 Å². The van der Waals surface area contributed by atoms with Crippen LogP contribution in [-0.4, -0.2) is 38.2 Å². The normalized spacial score (nSPS) is 18.9. The molecule has 0 unspecified atom stereocenters. The van der Waals surface area contributed by atoms with Crippen LogP contribution in [0.25, 0.3) is 16.7 Å². The number of benzene rings is 1. The summed E-state index contributed by atoms with van der Waals surface area (Å²) in [5, 5.41) is 3.48. The minimum absolute atomic E-state index is 0.0774. The second kappa shape index (κ2) is 8.31. The van der Waals surface area contributed by atoms with Crippen LogP contribution in [0.3, 0.4) is 0 Å². The molecular formula is C22H23F2N5O. The quantitative estimate of drug-likeness (QED) is 0.487. The standard InChI is InChI=1S/C14H17N5.C8H6F2O/c1-9-2-4-15-8-11(9)14-18-7-10-6-17-13-12(19(10)14)3-5-16-13;1-5(11)7-3-2-6(9)4-8(7)10/h3,5-7,9,11,15-16H,2,4,8H2,1H3;2-4H,1H3/t9-,11+;/m0./s1. The first kappa shape index (κ1) is 20.2. The van der Waals surface area contributed by atoms with Gasteiger partial charge in [0.25, 0.3) is 0 Å². The Balaban J connectivity index is 0.000000170. The molecule has 6 nitrogen and oxygen atoms in total. The molecule has 0 radical (unpaired) electrons. The van der Waals surface area contributed by atoms with Crippen molar-refractivity contribution >= 4 is 22.5 Å². The van der Waals surface area contributed by atoms with Gasteiger partial charge in [0, 0.05) is 24.7 Å². The number of aromatic amines is 1. The van der Waals surface area contributed by atoms with Crippen molar-refractivity contribution in [2.75, 3.05) is 13.1 Å². The minimum atomic E-state index is -0.808. The Morgan fingerprint density at radius 2 is 2.00 bits per heavy atom. The van der Waals surface area contributed by atoms with Crippen LogP contribution in [0.5, 0.6) is 0 Å². The fourth-order valence-corrected chi connectivity index (χ4v) is 3.87. The van der Waals surface area contributed by atoms with Gasteiger partial charge in [0.2, 0.25) is 0 Å². The van der Waals surface area contributed by atoms with Crippen molar-refractivity contribution in [2.24, 2.45) is 5.92 Å². The van der Waals surface area contributed by atoms with Gasteiger partial charge in [-0.2, -0.15) is 0 Å². The number of hydrogen-bond acceptors (Lipinski definition) is 4. The molecule has 3 aromatic heterocycles. The van der Waals surface area contributed by atoms with E-state index in [9.17, 15) is 13.6 Å². The third-order valence-electron chi connectivity index (χ3n) is 5.56. The zero-order valence-electron chi connectivity index (χ0n) is 16.8. The number of imidazole rings is 1. The lowest BCUT2D eigenvalue weighted by Gasteiger charge is -2.28. The van der Waals surface area contributed by atoms with Crippen molar-refractivity contribution in [3.63, 3.8) is 0 Å². The molecule has 0 amide bonds. The van der Waals surface area contributed by atoms with Crippen LogP contribution < -0.4 is 5.32 Å². The lowest BCUT2D eigenvalue weighted by Crippen LogP contribution is -2.34. The zero-order chi connectivity index (χ0) is 21.3. The highest BCUT2D eigenvalue weighted by Gasteiger charge is 2.26. The Morgan fingerprint density at radius 3 is 2.73 bits per heavy atom. The average Bonchev–Trinajstić information content (AvgIpc) is 3.35. The number of fused-ring (bicyclic) bond motifs is 3. The van der Waals surface area contributed by atoms with E-state index in [-0.39, 0.29) is 5.56 Å². The summed E-state index contributed by atoms with van der Waals surface area (Å²) in [6.45, 7) is 5.68. The maximum Gasteiger partial charge on any atom is 0.162 e. The number of hydrogen-bond donors (Lipinski definition) is 2. The van der Waals surface area contributed by atoms with E-state index < -0.39 is 17.4 Å². The lowest BCUT2D eigenvalue weighted by molar-refractivity contribution is 0.101. The van der Waals surface area contributed by atoms with Gasteiger partial charge in [0.05, 0.1) is 29.0 Å². The molecule has 2 N–H and O–H groups in total. The molecule has 1 aliphatic heterocycles. The summed E-state index contributed by atoms with van der Waals surface area (Å²) in [6, 6.07) is 4.95. The van der Waals surface area contributed by atoms with E-state index in [1.54, 1.807) is 0 Å². The number of piperidine rings is 1. The fraction of sp³-hybridized carbons (Fsp3) is 0.318. The molecule has 0 bridgehead atoms. The largest absolute Gasteiger partial charge is 0.345 e. The number of carbonyl (C=O) groups is 1. The van der Waals surface area contributed by atoms with E-state index >= 15 is 0 Å². The molecule has 1 aliphatic rings. The number of halogens is 2. The van der Waals surface area contributed by atoms with Gasteiger partial charge in [-0.3, -0.25) is 9.20 Å². The molecular weight excluding hydrogens is 388 g/mol. The van der Waals surface area contributed by atoms with Crippen LogP contribution in [0.2, 0.25) is 0 Å². The van der Waals surface area contributed by atoms with Gasteiger partial charge < -0.3 is 10.3 Å². The van der Waals surface area contributed by atoms with E-state index in [2.05, 4.69) is 37.7 Å². The number of carbonyl (C=O) groups excluding carboxylic acids is 1. The average molecular weight is 411 g/mol. The SMILES string of the molecule is CC(=O)c1ccc(F)cc1F.C[C@H]1CCNC[C@H]1c1ncc2cnc3[nH]ccc3n12. The molecule has 8 heteroatoms. The number of nitrogens with one attached hydrogen (secondary N) is 2. The predicted octanol–water partition coefficient (Wildman–Crippen LogP) is 4.09. The summed E-state index contributed by atoms with van der Waals surface area (Å²) >= 11 is 0. The Hall–Kier alpha value is -3.13. The second-order valence-electron chi connectivity index (χ2n) is 7.60. The number of nitrogens with zero attached hydrogens (tertiary/aromatic N) is 3. The van der Waals surface area contributed by atoms with E-state index in [1.807, 2.05) is 18.6 Å². The molecule has 4 aromatic rings. The van der Waals surface area contributed by atoms with Gasteiger partial charge >= 0.3 is 0 Å². The molecule has 0 spiro atoms. The highest BCUT2D eigenvalue weighted by molar-refractivity contribution is 5.94. The van der Waals surface area contributed by atoms with E-state index in [0.717, 1.165) is 47.7 Å². The molecule has 0 aliphatic carbocycles. The maximum absolute atomic E-state index is 12.6. The molecule has 1 fully saturated rings. The number of Topliss-reactive ketones (excluding diaryl/α,β-unsaturated/α-hetero) is 1. The van der Waals surface area contributed by atoms with Crippen LogP contribution in [0.15, 0.2) is 42.9 Å². The fourth-order valence-electron chi connectivity index (χ4n) is 3.87. The summed E-state index contributed by atoms with van der Waals surface area (Å²) in [4.78, 5) is 22.9. The Morgan fingerprint density at radius 1 is 1.20 bits per heavy atom. The van der Waals surface area contributed by atoms with Gasteiger partial charge in [-0.05, 0) is 44.0 Å². The van der Waals surface area contributed by atoms with E-state index in [0.29, 0.717) is 17.9 Å². The van der Waals surface area contributed by atoms with Crippen molar-refractivity contribution in [1.82, 2.24) is 24.7 Å². The molecule has 5 rings (SSSR count). The maximum atomic E-state index is 12.6. The third-order valence-corrected chi connectivity index (χ3v) is 5.56. The summed E-state index contributed by atoms with van der Waals surface area (Å²) < 4.78 is 27.1. The van der Waals surface area contributed by atoms with Crippen LogP contribution in [0, 0.1) is 17.6 Å². The number of rotatable bonds is 2. The van der Waals surface area contributed by atoms with Gasteiger partial charge in [-0.25, -0.2) is 18.7 Å². The highest BCUT2D eigenvalue weighted by Crippen LogP contribution is 2.30. The molecule has 30 heavy (non-hydrogen) atoms. The monoisotopic (exact) mass is 411 g/mol. The van der Waals surface area contributed by atoms with Crippen LogP contribution in [-0.2, 0) is 0 Å². The Labute approximate surface area is 172 Å². The molecule has 4 heterocycles. The molecule has 0 saturated carbocycles. The van der Waals surface area contributed by atoms with E-state index in [1.165, 1.54) is 13.3 Å². The Kier molecular flexibility index (Phi) is 5.59. The first-order valence-corrected chi connectivity index (χ1v) is 9.92. The first-order chi connectivity index (χ1) is 14.5. The van der Waals surface area contributed by atoms with Crippen molar-refractivity contribution in [1.29, 1.82) is 0 Å². The van der Waals surface area contributed by atoms with Gasteiger partial charge in [-0.15, -0.1) is 0 Å². The topological polar surface area (TPSA) is 75.1 Å². The minimum Gasteiger partial charge on any atom is -0.345 e. The number of ketones is 1. The summed E-state index contributed by atoms with van der Waals surface area (Å²) in [6.07, 6.45) is 6.96. The van der Waals surface area contributed by atoms with Crippen molar-refractivity contribution in [2.45, 2.75) is 26.2 Å². The first-order valence-electron chi connectivity index (χ1n) is 9.92. The molecule has 1 saturated heterocycles. The van der Waals surface area contributed by atoms with Crippen LogP contribution in [0.1, 0.15) is 42.4 Å². The highest BCUT2D eigenvalue weighted by atomic mass is 19.1.